The van der Waals surface area contributed by atoms with Crippen LogP contribution in [-0.4, -0.2) is 71.0 Å². The first-order chi connectivity index (χ1) is 19.5. The van der Waals surface area contributed by atoms with Crippen LogP contribution in [-0.2, 0) is 21.8 Å². The third-order valence-electron chi connectivity index (χ3n) is 7.12. The summed E-state index contributed by atoms with van der Waals surface area (Å²) < 4.78 is 22.9. The molecule has 2 atom stereocenters. The van der Waals surface area contributed by atoms with Gasteiger partial charge in [-0.1, -0.05) is 41.0 Å². The van der Waals surface area contributed by atoms with E-state index < -0.39 is 5.79 Å². The molecule has 210 valence electrons. The van der Waals surface area contributed by atoms with Gasteiger partial charge in [0.2, 0.25) is 5.79 Å². The summed E-state index contributed by atoms with van der Waals surface area (Å²) >= 11 is 14.4. The van der Waals surface area contributed by atoms with E-state index in [9.17, 15) is 0 Å². The number of imidazole rings is 2. The van der Waals surface area contributed by atoms with E-state index >= 15 is 0 Å². The molecule has 9 nitrogen and oxygen atoms in total. The zero-order chi connectivity index (χ0) is 27.5. The van der Waals surface area contributed by atoms with Crippen molar-refractivity contribution in [2.75, 3.05) is 55.6 Å². The van der Waals surface area contributed by atoms with Gasteiger partial charge in [0.1, 0.15) is 18.5 Å². The van der Waals surface area contributed by atoms with Crippen LogP contribution in [0.4, 0.5) is 5.69 Å². The van der Waals surface area contributed by atoms with E-state index in [0.717, 1.165) is 42.6 Å². The molecule has 4 heterocycles. The lowest BCUT2D eigenvalue weighted by Crippen LogP contribution is -2.51. The zero-order valence-electron chi connectivity index (χ0n) is 22.0. The fourth-order valence-corrected chi connectivity index (χ4v) is 6.21. The highest BCUT2D eigenvalue weighted by Crippen LogP contribution is 2.40. The number of hydrogen-bond acceptors (Lipinski definition) is 8. The Hall–Kier alpha value is -2.89. The fourth-order valence-electron chi connectivity index (χ4n) is 5.13. The molecule has 0 amide bonds. The topological polar surface area (TPSA) is 69.8 Å². The lowest BCUT2D eigenvalue weighted by molar-refractivity contribution is -0.189. The molecule has 2 aliphatic rings. The van der Waals surface area contributed by atoms with Gasteiger partial charge >= 0.3 is 0 Å². The Kier molecular flexibility index (Phi) is 8.13. The molecule has 2 aromatic heterocycles. The molecule has 2 unspecified atom stereocenters. The minimum absolute atomic E-state index is 0.280. The maximum Gasteiger partial charge on any atom is 0.215 e. The van der Waals surface area contributed by atoms with Crippen molar-refractivity contribution in [1.82, 2.24) is 19.2 Å². The van der Waals surface area contributed by atoms with E-state index in [1.54, 1.807) is 36.4 Å². The Morgan fingerprint density at radius 1 is 1.05 bits per heavy atom. The number of ether oxygens (including phenoxy) is 3. The fraction of sp³-hybridized carbons (Fsp3) is 0.357. The van der Waals surface area contributed by atoms with Crippen LogP contribution in [0.2, 0.25) is 10.0 Å². The lowest BCUT2D eigenvalue weighted by atomic mass is 10.1. The van der Waals surface area contributed by atoms with Crippen molar-refractivity contribution in [3.63, 3.8) is 0 Å². The number of aromatic nitrogens is 4. The van der Waals surface area contributed by atoms with Crippen LogP contribution in [0, 0.1) is 0 Å². The molecule has 2 fully saturated rings. The van der Waals surface area contributed by atoms with Gasteiger partial charge in [-0.05, 0) is 42.7 Å². The average Bonchev–Trinajstić information content (AvgIpc) is 3.74. The number of rotatable bonds is 9. The summed E-state index contributed by atoms with van der Waals surface area (Å²) in [5.74, 6) is -0.291. The Labute approximate surface area is 247 Å². The van der Waals surface area contributed by atoms with E-state index in [2.05, 4.69) is 42.9 Å². The highest BCUT2D eigenvalue weighted by molar-refractivity contribution is 7.98. The third-order valence-corrected chi connectivity index (χ3v) is 8.33. The molecule has 2 saturated heterocycles. The van der Waals surface area contributed by atoms with Gasteiger partial charge in [0, 0.05) is 54.2 Å². The number of piperazine rings is 1. The first-order valence-electron chi connectivity index (χ1n) is 13.1. The van der Waals surface area contributed by atoms with E-state index in [1.165, 1.54) is 5.69 Å². The van der Waals surface area contributed by atoms with Crippen molar-refractivity contribution in [1.29, 1.82) is 0 Å². The predicted molar refractivity (Wildman–Crippen MR) is 157 cm³/mol. The van der Waals surface area contributed by atoms with E-state index in [-0.39, 0.29) is 6.10 Å². The predicted octanol–water partition coefficient (Wildman–Crippen LogP) is 4.91. The van der Waals surface area contributed by atoms with Gasteiger partial charge in [0.25, 0.3) is 0 Å². The van der Waals surface area contributed by atoms with Crippen molar-refractivity contribution in [2.45, 2.75) is 23.6 Å². The summed E-state index contributed by atoms with van der Waals surface area (Å²) in [4.78, 5) is 11.0. The van der Waals surface area contributed by atoms with Crippen LogP contribution in [0.15, 0.2) is 78.7 Å². The summed E-state index contributed by atoms with van der Waals surface area (Å²) in [7, 11) is 0. The summed E-state index contributed by atoms with van der Waals surface area (Å²) in [6.07, 6.45) is 11.0. The van der Waals surface area contributed by atoms with Crippen LogP contribution in [0.5, 0.6) is 5.75 Å². The molecule has 12 heteroatoms. The number of nitrogens with zero attached hydrogens (tertiary/aromatic N) is 6. The molecular weight excluding hydrogens is 571 g/mol. The Morgan fingerprint density at radius 2 is 1.88 bits per heavy atom. The maximum absolute atomic E-state index is 6.57. The monoisotopic (exact) mass is 600 g/mol. The van der Waals surface area contributed by atoms with Crippen LogP contribution in [0.1, 0.15) is 5.56 Å². The van der Waals surface area contributed by atoms with Gasteiger partial charge in [-0.2, -0.15) is 0 Å². The standard InChI is InChI=1S/C28H30Cl2N6O3S/c1-40-27-32-9-11-36(27)35-14-12-34(13-15-35)22-3-5-23(6-4-22)37-17-24-18-38-28(39-24,19-33-10-8-31-20-33)25-7-2-21(29)16-26(25)30/h2-11,16,20,24H,12-15,17-19H2,1H3. The van der Waals surface area contributed by atoms with Gasteiger partial charge in [0.05, 0.1) is 37.6 Å². The zero-order valence-corrected chi connectivity index (χ0v) is 24.4. The Balaban J connectivity index is 1.06. The number of benzene rings is 2. The first kappa shape index (κ1) is 27.3. The summed E-state index contributed by atoms with van der Waals surface area (Å²) in [5.41, 5.74) is 1.90. The quantitative estimate of drug-likeness (QED) is 0.251. The van der Waals surface area contributed by atoms with Gasteiger partial charge in [0.15, 0.2) is 5.16 Å². The molecule has 0 aliphatic carbocycles. The van der Waals surface area contributed by atoms with Crippen LogP contribution in [0.25, 0.3) is 0 Å². The molecule has 2 aromatic carbocycles. The van der Waals surface area contributed by atoms with E-state index in [0.29, 0.717) is 29.8 Å². The second-order valence-electron chi connectivity index (χ2n) is 9.67. The molecule has 4 aromatic rings. The summed E-state index contributed by atoms with van der Waals surface area (Å²) in [6, 6.07) is 13.6. The van der Waals surface area contributed by atoms with Crippen LogP contribution in [0.3, 0.4) is 0 Å². The Bertz CT molecular complexity index is 1410. The molecule has 0 saturated carbocycles. The van der Waals surface area contributed by atoms with Gasteiger partial charge in [-0.25, -0.2) is 14.6 Å². The number of thioether (sulfide) groups is 1. The molecule has 2 aliphatic heterocycles. The van der Waals surface area contributed by atoms with Crippen LogP contribution < -0.4 is 14.6 Å². The number of halogens is 2. The maximum atomic E-state index is 6.57. The number of hydrogen-bond donors (Lipinski definition) is 0. The minimum atomic E-state index is -1.07. The normalized spacial score (nSPS) is 21.2. The minimum Gasteiger partial charge on any atom is -0.491 e. The average molecular weight is 602 g/mol. The molecule has 0 spiro atoms. The summed E-state index contributed by atoms with van der Waals surface area (Å²) in [5, 5.41) is 4.39. The van der Waals surface area contributed by atoms with Crippen LogP contribution >= 0.6 is 35.0 Å². The molecule has 6 rings (SSSR count). The highest BCUT2D eigenvalue weighted by Gasteiger charge is 2.45. The largest absolute Gasteiger partial charge is 0.491 e. The van der Waals surface area contributed by atoms with Crippen molar-refractivity contribution >= 4 is 40.7 Å². The molecule has 0 bridgehead atoms. The van der Waals surface area contributed by atoms with Crippen molar-refractivity contribution in [2.24, 2.45) is 0 Å². The SMILES string of the molecule is CSc1nccn1N1CCN(c2ccc(OCC3COC(Cn4ccnc4)(c4ccc(Cl)cc4Cl)O3)cc2)CC1. The highest BCUT2D eigenvalue weighted by atomic mass is 35.5. The smallest absolute Gasteiger partial charge is 0.215 e. The molecule has 40 heavy (non-hydrogen) atoms. The van der Waals surface area contributed by atoms with Crippen molar-refractivity contribution < 1.29 is 14.2 Å². The van der Waals surface area contributed by atoms with Gasteiger partial charge in [-0.3, -0.25) is 0 Å². The van der Waals surface area contributed by atoms with Gasteiger partial charge in [-0.15, -0.1) is 0 Å². The van der Waals surface area contributed by atoms with Gasteiger partial charge < -0.3 is 28.7 Å². The molecule has 0 radical (unpaired) electrons. The van der Waals surface area contributed by atoms with Crippen molar-refractivity contribution in [3.8, 4) is 5.75 Å². The second kappa shape index (κ2) is 11.9. The second-order valence-corrected chi connectivity index (χ2v) is 11.3. The molecule has 0 N–H and O–H groups in total. The summed E-state index contributed by atoms with van der Waals surface area (Å²) in [6.45, 7) is 4.84. The lowest BCUT2D eigenvalue weighted by Gasteiger charge is -2.38. The number of anilines is 1. The third kappa shape index (κ3) is 5.77. The van der Waals surface area contributed by atoms with E-state index in [1.807, 2.05) is 41.4 Å². The molecular formula is C28H30Cl2N6O3S. The first-order valence-corrected chi connectivity index (χ1v) is 15.0. The van der Waals surface area contributed by atoms with E-state index in [4.69, 9.17) is 37.4 Å². The van der Waals surface area contributed by atoms with Crippen molar-refractivity contribution in [3.05, 3.63) is 89.2 Å². The Morgan fingerprint density at radius 3 is 2.60 bits per heavy atom.